The van der Waals surface area contributed by atoms with Gasteiger partial charge in [0.25, 0.3) is 5.91 Å². The highest BCUT2D eigenvalue weighted by molar-refractivity contribution is 6.04. The summed E-state index contributed by atoms with van der Waals surface area (Å²) in [7, 11) is 0. The maximum Gasteiger partial charge on any atom is 0.272 e. The van der Waals surface area contributed by atoms with E-state index in [0.717, 1.165) is 11.1 Å². The lowest BCUT2D eigenvalue weighted by Gasteiger charge is -2.47. The molecule has 1 aromatic carbocycles. The molecule has 5 nitrogen and oxygen atoms in total. The molecule has 4 rings (SSSR count). The number of nitrogens with one attached hydrogen (secondary N) is 1. The second kappa shape index (κ2) is 5.64. The van der Waals surface area contributed by atoms with Crippen LogP contribution in [-0.4, -0.2) is 45.7 Å². The number of benzene rings is 1. The second-order valence-corrected chi connectivity index (χ2v) is 6.39. The number of piperidine rings is 2. The molecule has 2 fully saturated rings. The number of aromatic nitrogens is 2. The van der Waals surface area contributed by atoms with Crippen molar-refractivity contribution in [1.29, 1.82) is 0 Å². The summed E-state index contributed by atoms with van der Waals surface area (Å²) in [4.78, 5) is 14.6. The molecule has 2 aliphatic rings. The number of amides is 1. The van der Waals surface area contributed by atoms with Crippen LogP contribution in [0.5, 0.6) is 0 Å². The van der Waals surface area contributed by atoms with Crippen LogP contribution < -0.4 is 5.32 Å². The van der Waals surface area contributed by atoms with Crippen LogP contribution in [0.25, 0.3) is 10.9 Å². The summed E-state index contributed by atoms with van der Waals surface area (Å²) < 4.78 is 56.2. The van der Waals surface area contributed by atoms with Crippen molar-refractivity contribution < 1.29 is 14.4 Å². The zero-order valence-corrected chi connectivity index (χ0v) is 12.7. The van der Waals surface area contributed by atoms with Gasteiger partial charge in [0.15, 0.2) is 5.69 Å². The van der Waals surface area contributed by atoms with Crippen LogP contribution in [0.3, 0.4) is 0 Å². The van der Waals surface area contributed by atoms with Crippen LogP contribution in [0.4, 0.5) is 0 Å². The Hall–Kier alpha value is -1.88. The Labute approximate surface area is 146 Å². The van der Waals surface area contributed by atoms with Crippen molar-refractivity contribution in [2.75, 3.05) is 6.98 Å². The predicted octanol–water partition coefficient (Wildman–Crippen LogP) is 2.32. The highest BCUT2D eigenvalue weighted by Crippen LogP contribution is 2.32. The summed E-state index contributed by atoms with van der Waals surface area (Å²) >= 11 is 0. The fourth-order valence-corrected chi connectivity index (χ4v) is 3.77. The van der Waals surface area contributed by atoms with E-state index in [1.165, 1.54) is 4.90 Å². The number of hydrogen-bond donors (Lipinski definition) is 1. The molecule has 2 atom stereocenters. The van der Waals surface area contributed by atoms with E-state index in [4.69, 9.17) is 9.60 Å². The van der Waals surface area contributed by atoms with Gasteiger partial charge in [0, 0.05) is 38.7 Å². The smallest absolute Gasteiger partial charge is 0.272 e. The molecule has 5 heteroatoms. The third-order valence-corrected chi connectivity index (χ3v) is 4.92. The number of nitrogens with zero attached hydrogens (tertiary/aromatic N) is 3. The lowest BCUT2D eigenvalue weighted by Crippen LogP contribution is -2.55. The van der Waals surface area contributed by atoms with Gasteiger partial charge < -0.3 is 10.2 Å². The quantitative estimate of drug-likeness (QED) is 0.924. The van der Waals surface area contributed by atoms with Gasteiger partial charge in [0.05, 0.1) is 6.89 Å². The number of rotatable bonds is 2. The molecule has 1 amide bonds. The highest BCUT2D eigenvalue weighted by Gasteiger charge is 2.36. The zero-order chi connectivity index (χ0) is 21.9. The minimum Gasteiger partial charge on any atom is -0.348 e. The molecule has 3 heterocycles. The Morgan fingerprint density at radius 2 is 2.09 bits per heavy atom. The zero-order valence-electron chi connectivity index (χ0n) is 19.7. The highest BCUT2D eigenvalue weighted by atomic mass is 16.2. The predicted molar refractivity (Wildman–Crippen MR) is 90.4 cm³/mol. The molecule has 2 bridgehead atoms. The average molecular weight is 319 g/mol. The van der Waals surface area contributed by atoms with E-state index < -0.39 is 25.9 Å². The van der Waals surface area contributed by atoms with Gasteiger partial charge in [-0.1, -0.05) is 24.6 Å². The topological polar surface area (TPSA) is 50.2 Å². The molecule has 2 saturated heterocycles. The average Bonchev–Trinajstić information content (AvgIpc) is 2.99. The maximum atomic E-state index is 13.1. The fourth-order valence-electron chi connectivity index (χ4n) is 3.77. The third kappa shape index (κ3) is 2.53. The van der Waals surface area contributed by atoms with Gasteiger partial charge >= 0.3 is 0 Å². The minimum absolute atomic E-state index is 0.0447. The van der Waals surface area contributed by atoms with Gasteiger partial charge in [-0.15, -0.1) is 0 Å². The van der Waals surface area contributed by atoms with E-state index in [2.05, 4.69) is 10.4 Å². The van der Waals surface area contributed by atoms with Crippen molar-refractivity contribution in [3.63, 3.8) is 0 Å². The first-order chi connectivity index (χ1) is 13.9. The van der Waals surface area contributed by atoms with Gasteiger partial charge in [0.2, 0.25) is 0 Å². The van der Waals surface area contributed by atoms with Gasteiger partial charge in [-0.2, -0.15) is 5.10 Å². The van der Waals surface area contributed by atoms with E-state index in [-0.39, 0.29) is 30.6 Å². The summed E-state index contributed by atoms with van der Waals surface area (Å²) in [5, 5.41) is 7.17. The molecule has 23 heavy (non-hydrogen) atoms. The Morgan fingerprint density at radius 1 is 1.30 bits per heavy atom. The van der Waals surface area contributed by atoms with E-state index in [9.17, 15) is 4.79 Å². The number of carbonyl (C=O) groups is 1. The van der Waals surface area contributed by atoms with Crippen LogP contribution >= 0.6 is 0 Å². The van der Waals surface area contributed by atoms with Crippen molar-refractivity contribution in [2.45, 2.75) is 50.2 Å². The van der Waals surface area contributed by atoms with Crippen molar-refractivity contribution in [2.24, 2.45) is 6.98 Å². The standard InChI is InChI=1S/C18H24N4O/c1-21-13-6-5-7-14(21)11-12(10-13)19-18(23)17-15-8-3-4-9-16(15)22(2)20-17/h3-4,8-9,12-14H,5-7,10-11H2,1-2H3,(H,19,23)/i1D3,2D3,12D. The van der Waals surface area contributed by atoms with Gasteiger partial charge in [-0.25, -0.2) is 0 Å². The van der Waals surface area contributed by atoms with Crippen molar-refractivity contribution in [3.05, 3.63) is 30.0 Å². The largest absolute Gasteiger partial charge is 0.348 e. The molecule has 0 radical (unpaired) electrons. The number of carbonyl (C=O) groups excluding carboxylic acids is 1. The maximum absolute atomic E-state index is 13.1. The number of para-hydroxylation sites is 1. The van der Waals surface area contributed by atoms with Gasteiger partial charge in [-0.05, 0) is 38.7 Å². The molecule has 0 spiro atoms. The molecule has 2 unspecified atom stereocenters. The summed E-state index contributed by atoms with van der Waals surface area (Å²) in [5.41, 5.74) is 0.271. The van der Waals surface area contributed by atoms with Crippen LogP contribution in [-0.2, 0) is 6.98 Å². The van der Waals surface area contributed by atoms with E-state index in [0.29, 0.717) is 23.7 Å². The van der Waals surface area contributed by atoms with Crippen LogP contribution in [0, 0.1) is 0 Å². The first-order valence-electron chi connectivity index (χ1n) is 11.5. The molecule has 0 aliphatic carbocycles. The molecular weight excluding hydrogens is 288 g/mol. The molecule has 122 valence electrons. The van der Waals surface area contributed by atoms with Crippen LogP contribution in [0.2, 0.25) is 0 Å². The third-order valence-electron chi connectivity index (χ3n) is 4.92. The summed E-state index contributed by atoms with van der Waals surface area (Å²) in [5.74, 6) is -0.621. The molecule has 1 N–H and O–H groups in total. The first kappa shape index (κ1) is 8.83. The normalized spacial score (nSPS) is 36.8. The van der Waals surface area contributed by atoms with E-state index in [1.54, 1.807) is 24.3 Å². The molecule has 0 saturated carbocycles. The van der Waals surface area contributed by atoms with Crippen molar-refractivity contribution in [3.8, 4) is 0 Å². The summed E-state index contributed by atoms with van der Waals surface area (Å²) in [6, 6.07) is 4.63. The van der Waals surface area contributed by atoms with Crippen LogP contribution in [0.15, 0.2) is 24.3 Å². The van der Waals surface area contributed by atoms with Crippen molar-refractivity contribution in [1.82, 2.24) is 20.0 Å². The van der Waals surface area contributed by atoms with Gasteiger partial charge in [0.1, 0.15) is 0 Å². The number of fused-ring (bicyclic) bond motifs is 3. The fraction of sp³-hybridized carbons (Fsp3) is 0.556. The second-order valence-electron chi connectivity index (χ2n) is 6.39. The molecular formula is C18H24N4O. The van der Waals surface area contributed by atoms with E-state index in [1.807, 2.05) is 0 Å². The number of aryl methyl sites for hydroxylation is 1. The van der Waals surface area contributed by atoms with Crippen LogP contribution in [0.1, 0.15) is 52.2 Å². The monoisotopic (exact) mass is 319 g/mol. The molecule has 1 aromatic heterocycles. The Morgan fingerprint density at radius 3 is 2.83 bits per heavy atom. The lowest BCUT2D eigenvalue weighted by atomic mass is 9.82. The molecule has 2 aliphatic heterocycles. The minimum atomic E-state index is -2.54. The Bertz CT molecular complexity index is 954. The number of hydrogen-bond acceptors (Lipinski definition) is 3. The summed E-state index contributed by atoms with van der Waals surface area (Å²) in [6.45, 7) is -4.77. The lowest BCUT2D eigenvalue weighted by molar-refractivity contribution is 0.0462. The van der Waals surface area contributed by atoms with Crippen molar-refractivity contribution >= 4 is 16.8 Å². The Balaban J connectivity index is 1.62. The molecule has 2 aromatic rings. The van der Waals surface area contributed by atoms with E-state index >= 15 is 0 Å². The first-order valence-corrected chi connectivity index (χ1v) is 7.98. The SMILES string of the molecule is [2H]C1(NC(=O)c2nn(C([2H])([2H])[2H])c3ccccc23)CC2CCCC(C1)N2C([2H])([2H])[2H]. The Kier molecular flexibility index (Phi) is 2.16. The summed E-state index contributed by atoms with van der Waals surface area (Å²) in [6.07, 6.45) is 2.64. The van der Waals surface area contributed by atoms with Gasteiger partial charge in [-0.3, -0.25) is 9.48 Å².